The third kappa shape index (κ3) is 2.30. The van der Waals surface area contributed by atoms with E-state index < -0.39 is 0 Å². The highest BCUT2D eigenvalue weighted by atomic mass is 32.2. The standard InChI is InChI=1S/C18H16N4OS/c1-11(17(23)19-2)24-18-21-13-8-4-3-7-12(13)16-20-14-9-5-6-10-15(14)22(16)18/h3-11H,1-2H3,(H,19,23). The van der Waals surface area contributed by atoms with E-state index in [4.69, 9.17) is 9.97 Å². The van der Waals surface area contributed by atoms with Crippen LogP contribution in [0.5, 0.6) is 0 Å². The van der Waals surface area contributed by atoms with E-state index in [0.29, 0.717) is 0 Å². The minimum Gasteiger partial charge on any atom is -0.358 e. The number of aromatic nitrogens is 3. The number of amides is 1. The average Bonchev–Trinajstić information content (AvgIpc) is 3.01. The third-order valence-electron chi connectivity index (χ3n) is 4.01. The zero-order chi connectivity index (χ0) is 16.7. The summed E-state index contributed by atoms with van der Waals surface area (Å²) in [7, 11) is 1.65. The van der Waals surface area contributed by atoms with Crippen LogP contribution in [0.4, 0.5) is 0 Å². The number of fused-ring (bicyclic) bond motifs is 5. The van der Waals surface area contributed by atoms with Crippen LogP contribution in [-0.2, 0) is 4.79 Å². The lowest BCUT2D eigenvalue weighted by Gasteiger charge is -2.12. The van der Waals surface area contributed by atoms with Gasteiger partial charge in [0.2, 0.25) is 5.91 Å². The van der Waals surface area contributed by atoms with E-state index in [1.807, 2.05) is 59.9 Å². The van der Waals surface area contributed by atoms with Gasteiger partial charge in [0.05, 0.1) is 21.8 Å². The van der Waals surface area contributed by atoms with Gasteiger partial charge in [0, 0.05) is 12.4 Å². The van der Waals surface area contributed by atoms with E-state index in [1.54, 1.807) is 7.05 Å². The smallest absolute Gasteiger partial charge is 0.233 e. The SMILES string of the molecule is CNC(=O)C(C)Sc1nc2ccccc2c2nc3ccccc3n12. The zero-order valence-corrected chi connectivity index (χ0v) is 14.2. The normalized spacial score (nSPS) is 12.8. The molecule has 0 saturated heterocycles. The number of hydrogen-bond donors (Lipinski definition) is 1. The van der Waals surface area contributed by atoms with Crippen molar-refractivity contribution in [3.8, 4) is 0 Å². The Bertz CT molecular complexity index is 1070. The number of nitrogens with one attached hydrogen (secondary N) is 1. The monoisotopic (exact) mass is 336 g/mol. The number of benzene rings is 2. The second kappa shape index (κ2) is 5.79. The van der Waals surface area contributed by atoms with Crippen molar-refractivity contribution in [3.63, 3.8) is 0 Å². The van der Waals surface area contributed by atoms with Crippen molar-refractivity contribution in [3.05, 3.63) is 48.5 Å². The maximum atomic E-state index is 11.9. The summed E-state index contributed by atoms with van der Waals surface area (Å²) in [6, 6.07) is 15.9. The molecule has 0 aliphatic heterocycles. The first kappa shape index (κ1) is 15.0. The molecule has 120 valence electrons. The second-order valence-electron chi connectivity index (χ2n) is 5.55. The number of thioether (sulfide) groups is 1. The molecule has 2 aromatic carbocycles. The summed E-state index contributed by atoms with van der Waals surface area (Å²) in [5, 5.41) is 4.22. The van der Waals surface area contributed by atoms with Crippen LogP contribution in [0.1, 0.15) is 6.92 Å². The van der Waals surface area contributed by atoms with Crippen molar-refractivity contribution in [1.29, 1.82) is 0 Å². The fourth-order valence-electron chi connectivity index (χ4n) is 2.81. The molecule has 1 N–H and O–H groups in total. The Kier molecular flexibility index (Phi) is 3.61. The lowest BCUT2D eigenvalue weighted by Crippen LogP contribution is -2.27. The number of rotatable bonds is 3. The summed E-state index contributed by atoms with van der Waals surface area (Å²) in [4.78, 5) is 21.5. The van der Waals surface area contributed by atoms with Gasteiger partial charge in [-0.05, 0) is 31.2 Å². The van der Waals surface area contributed by atoms with Gasteiger partial charge in [-0.3, -0.25) is 9.20 Å². The fourth-order valence-corrected chi connectivity index (χ4v) is 3.79. The number of imidazole rings is 1. The lowest BCUT2D eigenvalue weighted by atomic mass is 10.2. The van der Waals surface area contributed by atoms with Gasteiger partial charge in [-0.25, -0.2) is 9.97 Å². The Balaban J connectivity index is 2.04. The number of para-hydroxylation sites is 3. The van der Waals surface area contributed by atoms with E-state index in [0.717, 1.165) is 32.7 Å². The third-order valence-corrected chi connectivity index (χ3v) is 5.06. The highest BCUT2D eigenvalue weighted by molar-refractivity contribution is 8.00. The molecule has 0 aliphatic rings. The summed E-state index contributed by atoms with van der Waals surface area (Å²) in [6.07, 6.45) is 0. The van der Waals surface area contributed by atoms with Crippen molar-refractivity contribution >= 4 is 45.3 Å². The van der Waals surface area contributed by atoms with E-state index in [2.05, 4.69) is 5.32 Å². The Hall–Kier alpha value is -2.60. The number of hydrogen-bond acceptors (Lipinski definition) is 4. The van der Waals surface area contributed by atoms with Gasteiger partial charge in [-0.1, -0.05) is 36.0 Å². The average molecular weight is 336 g/mol. The maximum absolute atomic E-state index is 11.9. The Morgan fingerprint density at radius 3 is 2.58 bits per heavy atom. The summed E-state index contributed by atoms with van der Waals surface area (Å²) in [5.74, 6) is -0.0208. The molecular weight excluding hydrogens is 320 g/mol. The van der Waals surface area contributed by atoms with Gasteiger partial charge < -0.3 is 5.32 Å². The Morgan fingerprint density at radius 1 is 1.08 bits per heavy atom. The van der Waals surface area contributed by atoms with Crippen LogP contribution in [0, 0.1) is 0 Å². The first-order valence-electron chi connectivity index (χ1n) is 7.73. The summed E-state index contributed by atoms with van der Waals surface area (Å²) in [6.45, 7) is 1.88. The van der Waals surface area contributed by atoms with E-state index >= 15 is 0 Å². The van der Waals surface area contributed by atoms with Crippen LogP contribution >= 0.6 is 11.8 Å². The second-order valence-corrected chi connectivity index (χ2v) is 6.85. The van der Waals surface area contributed by atoms with Crippen LogP contribution in [0.3, 0.4) is 0 Å². The molecule has 5 nitrogen and oxygen atoms in total. The van der Waals surface area contributed by atoms with Crippen LogP contribution in [0.2, 0.25) is 0 Å². The number of carbonyl (C=O) groups is 1. The van der Waals surface area contributed by atoms with E-state index in [-0.39, 0.29) is 11.2 Å². The molecule has 0 bridgehead atoms. The molecule has 0 fully saturated rings. The van der Waals surface area contributed by atoms with Gasteiger partial charge in [0.1, 0.15) is 5.65 Å². The predicted molar refractivity (Wildman–Crippen MR) is 97.4 cm³/mol. The lowest BCUT2D eigenvalue weighted by molar-refractivity contribution is -0.119. The van der Waals surface area contributed by atoms with Crippen LogP contribution < -0.4 is 5.32 Å². The first-order valence-corrected chi connectivity index (χ1v) is 8.61. The highest BCUT2D eigenvalue weighted by Crippen LogP contribution is 2.30. The molecule has 0 aliphatic carbocycles. The van der Waals surface area contributed by atoms with Gasteiger partial charge in [0.15, 0.2) is 5.16 Å². The summed E-state index contributed by atoms with van der Waals surface area (Å²) in [5.41, 5.74) is 3.67. The van der Waals surface area contributed by atoms with Crippen molar-refractivity contribution in [2.45, 2.75) is 17.3 Å². The minimum atomic E-state index is -0.243. The fraction of sp³-hybridized carbons (Fsp3) is 0.167. The predicted octanol–water partition coefficient (Wildman–Crippen LogP) is 3.26. The molecule has 4 aromatic rings. The molecular formula is C18H16N4OS. The van der Waals surface area contributed by atoms with Gasteiger partial charge in [-0.2, -0.15) is 0 Å². The number of nitrogens with zero attached hydrogens (tertiary/aromatic N) is 3. The van der Waals surface area contributed by atoms with Crippen molar-refractivity contribution < 1.29 is 4.79 Å². The summed E-state index contributed by atoms with van der Waals surface area (Å²) >= 11 is 1.44. The van der Waals surface area contributed by atoms with Gasteiger partial charge in [0.25, 0.3) is 0 Å². The molecule has 2 heterocycles. The molecule has 1 atom stereocenters. The first-order chi connectivity index (χ1) is 11.7. The van der Waals surface area contributed by atoms with Crippen molar-refractivity contribution in [1.82, 2.24) is 19.7 Å². The van der Waals surface area contributed by atoms with Crippen LogP contribution in [0.15, 0.2) is 53.7 Å². The van der Waals surface area contributed by atoms with E-state index in [9.17, 15) is 4.79 Å². The van der Waals surface area contributed by atoms with Crippen LogP contribution in [-0.4, -0.2) is 32.6 Å². The van der Waals surface area contributed by atoms with Gasteiger partial charge >= 0.3 is 0 Å². The quantitative estimate of drug-likeness (QED) is 0.461. The summed E-state index contributed by atoms with van der Waals surface area (Å²) < 4.78 is 2.04. The van der Waals surface area contributed by atoms with Crippen molar-refractivity contribution in [2.24, 2.45) is 0 Å². The number of carbonyl (C=O) groups excluding carboxylic acids is 1. The topological polar surface area (TPSA) is 59.3 Å². The Labute approximate surface area is 143 Å². The molecule has 1 amide bonds. The molecule has 6 heteroatoms. The largest absolute Gasteiger partial charge is 0.358 e. The van der Waals surface area contributed by atoms with Crippen molar-refractivity contribution in [2.75, 3.05) is 7.05 Å². The Morgan fingerprint density at radius 2 is 1.79 bits per heavy atom. The molecule has 4 rings (SSSR count). The molecule has 0 radical (unpaired) electrons. The molecule has 0 spiro atoms. The zero-order valence-electron chi connectivity index (χ0n) is 13.4. The molecule has 0 saturated carbocycles. The van der Waals surface area contributed by atoms with E-state index in [1.165, 1.54) is 11.8 Å². The van der Waals surface area contributed by atoms with Crippen LogP contribution in [0.25, 0.3) is 27.6 Å². The maximum Gasteiger partial charge on any atom is 0.233 e. The minimum absolute atomic E-state index is 0.0208. The molecule has 24 heavy (non-hydrogen) atoms. The molecule has 1 unspecified atom stereocenters. The highest BCUT2D eigenvalue weighted by Gasteiger charge is 2.19. The van der Waals surface area contributed by atoms with Gasteiger partial charge in [-0.15, -0.1) is 0 Å². The molecule has 2 aromatic heterocycles.